The van der Waals surface area contributed by atoms with E-state index in [4.69, 9.17) is 9.84 Å². The largest absolute Gasteiger partial charge is 0.479 e. The molecule has 0 saturated heterocycles. The number of ether oxygens (including phenoxy) is 1. The maximum Gasteiger partial charge on any atom is 0.332 e. The molecule has 0 aliphatic heterocycles. The minimum absolute atomic E-state index is 0.162. The standard InChI is InChI=1S/C12H15N3O3/c1-7-4-8(2)15-5-10(14-12(15)13-7)6-18-9(3)11(16)17/h4-5,9H,6H2,1-3H3,(H,16,17)/t9-/m0/s1. The predicted molar refractivity (Wildman–Crippen MR) is 64.3 cm³/mol. The number of imidazole rings is 1. The van der Waals surface area contributed by atoms with E-state index in [1.165, 1.54) is 6.92 Å². The minimum Gasteiger partial charge on any atom is -0.479 e. The van der Waals surface area contributed by atoms with Gasteiger partial charge in [-0.15, -0.1) is 0 Å². The van der Waals surface area contributed by atoms with Crippen molar-refractivity contribution in [1.29, 1.82) is 0 Å². The molecule has 1 atom stereocenters. The Morgan fingerprint density at radius 3 is 2.89 bits per heavy atom. The van der Waals surface area contributed by atoms with Crippen molar-refractivity contribution in [3.05, 3.63) is 29.3 Å². The fourth-order valence-electron chi connectivity index (χ4n) is 1.67. The van der Waals surface area contributed by atoms with Crippen LogP contribution in [0.4, 0.5) is 0 Å². The second-order valence-electron chi connectivity index (χ2n) is 4.23. The normalized spacial score (nSPS) is 12.8. The number of carbonyl (C=O) groups is 1. The Morgan fingerprint density at radius 2 is 2.22 bits per heavy atom. The van der Waals surface area contributed by atoms with Crippen molar-refractivity contribution in [3.63, 3.8) is 0 Å². The van der Waals surface area contributed by atoms with Crippen LogP contribution >= 0.6 is 0 Å². The number of carboxylic acid groups (broad SMARTS) is 1. The van der Waals surface area contributed by atoms with E-state index in [-0.39, 0.29) is 6.61 Å². The summed E-state index contributed by atoms with van der Waals surface area (Å²) in [6, 6.07) is 1.96. The third kappa shape index (κ3) is 2.48. The number of rotatable bonds is 4. The number of aromatic nitrogens is 3. The Labute approximate surface area is 104 Å². The SMILES string of the molecule is Cc1cc(C)n2cc(CO[C@@H](C)C(=O)O)nc2n1. The number of nitrogens with zero attached hydrogens (tertiary/aromatic N) is 3. The highest BCUT2D eigenvalue weighted by atomic mass is 16.5. The topological polar surface area (TPSA) is 76.7 Å². The predicted octanol–water partition coefficient (Wildman–Crippen LogP) is 1.34. The third-order valence-electron chi connectivity index (χ3n) is 2.64. The molecule has 0 spiro atoms. The van der Waals surface area contributed by atoms with E-state index in [1.807, 2.05) is 30.5 Å². The van der Waals surface area contributed by atoms with Crippen LogP contribution in [0.25, 0.3) is 5.78 Å². The van der Waals surface area contributed by atoms with Gasteiger partial charge in [0.1, 0.15) is 0 Å². The monoisotopic (exact) mass is 249 g/mol. The van der Waals surface area contributed by atoms with Gasteiger partial charge in [-0.05, 0) is 26.8 Å². The molecule has 0 aliphatic carbocycles. The molecule has 6 nitrogen and oxygen atoms in total. The van der Waals surface area contributed by atoms with Crippen molar-refractivity contribution in [2.24, 2.45) is 0 Å². The maximum atomic E-state index is 10.6. The molecule has 0 bridgehead atoms. The zero-order chi connectivity index (χ0) is 13.3. The summed E-state index contributed by atoms with van der Waals surface area (Å²) in [4.78, 5) is 19.2. The van der Waals surface area contributed by atoms with E-state index >= 15 is 0 Å². The summed E-state index contributed by atoms with van der Waals surface area (Å²) < 4.78 is 7.04. The van der Waals surface area contributed by atoms with Crippen molar-refractivity contribution in [3.8, 4) is 0 Å². The first-order valence-electron chi connectivity index (χ1n) is 5.64. The molecular formula is C12H15N3O3. The van der Waals surface area contributed by atoms with Crippen molar-refractivity contribution in [1.82, 2.24) is 14.4 Å². The highest BCUT2D eigenvalue weighted by Gasteiger charge is 2.12. The molecule has 96 valence electrons. The van der Waals surface area contributed by atoms with Gasteiger partial charge >= 0.3 is 5.97 Å². The molecule has 1 N–H and O–H groups in total. The lowest BCUT2D eigenvalue weighted by Gasteiger charge is -2.05. The van der Waals surface area contributed by atoms with E-state index in [0.717, 1.165) is 11.4 Å². The molecule has 0 fully saturated rings. The lowest BCUT2D eigenvalue weighted by atomic mass is 10.3. The van der Waals surface area contributed by atoms with Gasteiger partial charge in [0.05, 0.1) is 12.3 Å². The molecule has 18 heavy (non-hydrogen) atoms. The second-order valence-corrected chi connectivity index (χ2v) is 4.23. The van der Waals surface area contributed by atoms with Gasteiger partial charge < -0.3 is 9.84 Å². The Bertz CT molecular complexity index is 592. The van der Waals surface area contributed by atoms with Crippen molar-refractivity contribution < 1.29 is 14.6 Å². The lowest BCUT2D eigenvalue weighted by Crippen LogP contribution is -2.19. The van der Waals surface area contributed by atoms with Gasteiger partial charge in [-0.3, -0.25) is 4.40 Å². The van der Waals surface area contributed by atoms with Crippen molar-refractivity contribution >= 4 is 11.7 Å². The Hall–Kier alpha value is -1.95. The van der Waals surface area contributed by atoms with Crippen LogP contribution in [0.5, 0.6) is 0 Å². The van der Waals surface area contributed by atoms with Crippen LogP contribution in [0.2, 0.25) is 0 Å². The van der Waals surface area contributed by atoms with Gasteiger partial charge in [0.25, 0.3) is 0 Å². The number of hydrogen-bond acceptors (Lipinski definition) is 4. The molecule has 2 rings (SSSR count). The first kappa shape index (κ1) is 12.5. The molecule has 0 saturated carbocycles. The number of aryl methyl sites for hydroxylation is 2. The van der Waals surface area contributed by atoms with Crippen LogP contribution in [-0.4, -0.2) is 31.5 Å². The summed E-state index contributed by atoms with van der Waals surface area (Å²) in [7, 11) is 0. The smallest absolute Gasteiger partial charge is 0.332 e. The van der Waals surface area contributed by atoms with E-state index < -0.39 is 12.1 Å². The Balaban J connectivity index is 2.20. The van der Waals surface area contributed by atoms with E-state index in [1.54, 1.807) is 0 Å². The zero-order valence-corrected chi connectivity index (χ0v) is 10.5. The molecule has 2 aromatic heterocycles. The van der Waals surface area contributed by atoms with Crippen LogP contribution < -0.4 is 0 Å². The van der Waals surface area contributed by atoms with Crippen molar-refractivity contribution in [2.75, 3.05) is 0 Å². The highest BCUT2D eigenvalue weighted by molar-refractivity contribution is 5.71. The number of hydrogen-bond donors (Lipinski definition) is 1. The summed E-state index contributed by atoms with van der Waals surface area (Å²) in [6.45, 7) is 5.53. The van der Waals surface area contributed by atoms with Crippen LogP contribution in [0, 0.1) is 13.8 Å². The Morgan fingerprint density at radius 1 is 1.50 bits per heavy atom. The molecule has 0 aliphatic rings. The van der Waals surface area contributed by atoms with Gasteiger partial charge in [-0.1, -0.05) is 0 Å². The van der Waals surface area contributed by atoms with Crippen LogP contribution in [-0.2, 0) is 16.1 Å². The first-order chi connectivity index (χ1) is 8.47. The lowest BCUT2D eigenvalue weighted by molar-refractivity contribution is -0.149. The molecule has 0 radical (unpaired) electrons. The molecule has 0 amide bonds. The van der Waals surface area contributed by atoms with Gasteiger partial charge in [-0.25, -0.2) is 14.8 Å². The van der Waals surface area contributed by atoms with E-state index in [0.29, 0.717) is 11.5 Å². The van der Waals surface area contributed by atoms with Crippen LogP contribution in [0.1, 0.15) is 24.0 Å². The highest BCUT2D eigenvalue weighted by Crippen LogP contribution is 2.09. The molecule has 2 heterocycles. The summed E-state index contributed by atoms with van der Waals surface area (Å²) in [5.74, 6) is -0.377. The molecule has 0 unspecified atom stereocenters. The second kappa shape index (κ2) is 4.73. The first-order valence-corrected chi connectivity index (χ1v) is 5.64. The zero-order valence-electron chi connectivity index (χ0n) is 10.5. The maximum absolute atomic E-state index is 10.6. The molecule has 2 aromatic rings. The summed E-state index contributed by atoms with van der Waals surface area (Å²) in [5, 5.41) is 8.72. The fourth-order valence-corrected chi connectivity index (χ4v) is 1.67. The average Bonchev–Trinajstić information content (AvgIpc) is 2.68. The van der Waals surface area contributed by atoms with E-state index in [9.17, 15) is 4.79 Å². The van der Waals surface area contributed by atoms with Crippen molar-refractivity contribution in [2.45, 2.75) is 33.5 Å². The van der Waals surface area contributed by atoms with E-state index in [2.05, 4.69) is 9.97 Å². The average molecular weight is 249 g/mol. The number of carboxylic acids is 1. The number of aliphatic carboxylic acids is 1. The third-order valence-corrected chi connectivity index (χ3v) is 2.64. The number of fused-ring (bicyclic) bond motifs is 1. The van der Waals surface area contributed by atoms with Gasteiger partial charge in [-0.2, -0.15) is 0 Å². The minimum atomic E-state index is -0.982. The summed E-state index contributed by atoms with van der Waals surface area (Å²) >= 11 is 0. The Kier molecular flexibility index (Phi) is 3.29. The van der Waals surface area contributed by atoms with Crippen LogP contribution in [0.15, 0.2) is 12.3 Å². The van der Waals surface area contributed by atoms with Gasteiger partial charge in [0.2, 0.25) is 5.78 Å². The summed E-state index contributed by atoms with van der Waals surface area (Å²) in [5.41, 5.74) is 2.60. The molecular weight excluding hydrogens is 234 g/mol. The summed E-state index contributed by atoms with van der Waals surface area (Å²) in [6.07, 6.45) is 0.969. The fraction of sp³-hybridized carbons (Fsp3) is 0.417. The molecule has 6 heteroatoms. The quantitative estimate of drug-likeness (QED) is 0.884. The van der Waals surface area contributed by atoms with Gasteiger partial charge in [0.15, 0.2) is 6.10 Å². The molecule has 0 aromatic carbocycles. The van der Waals surface area contributed by atoms with Gasteiger partial charge in [0, 0.05) is 17.6 Å². The van der Waals surface area contributed by atoms with Crippen LogP contribution in [0.3, 0.4) is 0 Å².